The number of nitrogens with one attached hydrogen (secondary N) is 1. The summed E-state index contributed by atoms with van der Waals surface area (Å²) in [7, 11) is -3.54. The Hall–Kier alpha value is -0.850. The van der Waals surface area contributed by atoms with Crippen LogP contribution >= 0.6 is 11.8 Å². The average Bonchev–Trinajstić information content (AvgIpc) is 2.37. The SMILES string of the molecule is CSCC(C)CNS(=O)(=O)c1cccc(C(C)=O)c1. The van der Waals surface area contributed by atoms with Crippen molar-refractivity contribution in [3.8, 4) is 0 Å². The second-order valence-corrected chi connectivity index (χ2v) is 7.17. The molecule has 1 rings (SSSR count). The standard InChI is InChI=1S/C13H19NO3S2/c1-10(9-18-3)8-14-19(16,17)13-6-4-5-12(7-13)11(2)15/h4-7,10,14H,8-9H2,1-3H3. The van der Waals surface area contributed by atoms with Crippen LogP contribution in [0.25, 0.3) is 0 Å². The molecule has 4 nitrogen and oxygen atoms in total. The fourth-order valence-electron chi connectivity index (χ4n) is 1.56. The lowest BCUT2D eigenvalue weighted by atomic mass is 10.2. The van der Waals surface area contributed by atoms with Crippen molar-refractivity contribution in [2.24, 2.45) is 5.92 Å². The molecule has 0 spiro atoms. The summed E-state index contributed by atoms with van der Waals surface area (Å²) in [5.41, 5.74) is 0.403. The van der Waals surface area contributed by atoms with Crippen LogP contribution in [0.3, 0.4) is 0 Å². The van der Waals surface area contributed by atoms with E-state index in [9.17, 15) is 13.2 Å². The van der Waals surface area contributed by atoms with E-state index in [1.165, 1.54) is 19.1 Å². The number of rotatable bonds is 7. The third kappa shape index (κ3) is 4.97. The molecular formula is C13H19NO3S2. The number of Topliss-reactive ketones (excluding diaryl/α,β-unsaturated/α-hetero) is 1. The Bertz CT molecular complexity index is 541. The van der Waals surface area contributed by atoms with Crippen molar-refractivity contribution in [3.63, 3.8) is 0 Å². The van der Waals surface area contributed by atoms with E-state index >= 15 is 0 Å². The predicted octanol–water partition coefficient (Wildman–Crippen LogP) is 2.17. The van der Waals surface area contributed by atoms with Crippen LogP contribution in [-0.2, 0) is 10.0 Å². The molecular weight excluding hydrogens is 282 g/mol. The minimum absolute atomic E-state index is 0.136. The van der Waals surface area contributed by atoms with Gasteiger partial charge in [-0.05, 0) is 37.0 Å². The summed E-state index contributed by atoms with van der Waals surface area (Å²) >= 11 is 1.68. The van der Waals surface area contributed by atoms with Crippen LogP contribution in [0.4, 0.5) is 0 Å². The number of sulfonamides is 1. The molecule has 1 aromatic rings. The summed E-state index contributed by atoms with van der Waals surface area (Å²) in [5, 5.41) is 0. The summed E-state index contributed by atoms with van der Waals surface area (Å²) in [4.78, 5) is 11.4. The van der Waals surface area contributed by atoms with Crippen LogP contribution < -0.4 is 4.72 Å². The van der Waals surface area contributed by atoms with Crippen molar-refractivity contribution < 1.29 is 13.2 Å². The van der Waals surface area contributed by atoms with Crippen LogP contribution in [-0.4, -0.2) is 32.8 Å². The van der Waals surface area contributed by atoms with Gasteiger partial charge in [0, 0.05) is 12.1 Å². The topological polar surface area (TPSA) is 63.2 Å². The van der Waals surface area contributed by atoms with Crippen molar-refractivity contribution in [3.05, 3.63) is 29.8 Å². The first-order chi connectivity index (χ1) is 8.86. The Morgan fingerprint density at radius 2 is 2.11 bits per heavy atom. The largest absolute Gasteiger partial charge is 0.295 e. The van der Waals surface area contributed by atoms with Gasteiger partial charge in [-0.2, -0.15) is 11.8 Å². The number of carbonyl (C=O) groups excluding carboxylic acids is 1. The molecule has 0 bridgehead atoms. The zero-order chi connectivity index (χ0) is 14.5. The van der Waals surface area contributed by atoms with Gasteiger partial charge in [-0.3, -0.25) is 4.79 Å². The Morgan fingerprint density at radius 1 is 1.42 bits per heavy atom. The van der Waals surface area contributed by atoms with E-state index in [0.29, 0.717) is 12.1 Å². The normalized spacial score (nSPS) is 13.2. The molecule has 6 heteroatoms. The molecule has 0 fully saturated rings. The zero-order valence-electron chi connectivity index (χ0n) is 11.3. The lowest BCUT2D eigenvalue weighted by molar-refractivity contribution is 0.101. The molecule has 0 aromatic heterocycles. The number of carbonyl (C=O) groups is 1. The highest BCUT2D eigenvalue weighted by Gasteiger charge is 2.16. The summed E-state index contributed by atoms with van der Waals surface area (Å²) in [6.07, 6.45) is 1.99. The summed E-state index contributed by atoms with van der Waals surface area (Å²) < 4.78 is 26.7. The number of thioether (sulfide) groups is 1. The van der Waals surface area contributed by atoms with Gasteiger partial charge in [-0.1, -0.05) is 19.1 Å². The van der Waals surface area contributed by atoms with Crippen molar-refractivity contribution in [2.45, 2.75) is 18.7 Å². The Morgan fingerprint density at radius 3 is 2.68 bits per heavy atom. The number of benzene rings is 1. The van der Waals surface area contributed by atoms with Crippen molar-refractivity contribution in [2.75, 3.05) is 18.6 Å². The summed E-state index contributed by atoms with van der Waals surface area (Å²) in [6.45, 7) is 3.80. The van der Waals surface area contributed by atoms with E-state index in [2.05, 4.69) is 4.72 Å². The van der Waals surface area contributed by atoms with Gasteiger partial charge in [0.05, 0.1) is 4.90 Å². The van der Waals surface area contributed by atoms with Crippen LogP contribution in [0.2, 0.25) is 0 Å². The first kappa shape index (κ1) is 16.2. The molecule has 0 saturated carbocycles. The highest BCUT2D eigenvalue weighted by molar-refractivity contribution is 7.98. The van der Waals surface area contributed by atoms with Gasteiger partial charge in [0.15, 0.2) is 5.78 Å². The summed E-state index contributed by atoms with van der Waals surface area (Å²) in [6, 6.07) is 6.09. The van der Waals surface area contributed by atoms with Crippen molar-refractivity contribution >= 4 is 27.6 Å². The second-order valence-electron chi connectivity index (χ2n) is 4.50. The van der Waals surface area contributed by atoms with Gasteiger partial charge in [0.1, 0.15) is 0 Å². The molecule has 1 atom stereocenters. The maximum absolute atomic E-state index is 12.1. The van der Waals surface area contributed by atoms with Gasteiger partial charge in [0.2, 0.25) is 10.0 Å². The third-order valence-corrected chi connectivity index (χ3v) is 4.95. The first-order valence-electron chi connectivity index (χ1n) is 5.96. The van der Waals surface area contributed by atoms with Gasteiger partial charge in [0.25, 0.3) is 0 Å². The highest BCUT2D eigenvalue weighted by Crippen LogP contribution is 2.12. The minimum Gasteiger partial charge on any atom is -0.295 e. The Labute approximate surface area is 119 Å². The molecule has 0 saturated heterocycles. The smallest absolute Gasteiger partial charge is 0.240 e. The Kier molecular flexibility index (Phi) is 6.03. The average molecular weight is 301 g/mol. The van der Waals surface area contributed by atoms with Gasteiger partial charge < -0.3 is 0 Å². The molecule has 0 aliphatic heterocycles. The van der Waals surface area contributed by atoms with E-state index in [0.717, 1.165) is 5.75 Å². The summed E-state index contributed by atoms with van der Waals surface area (Å²) in [5.74, 6) is 1.02. The number of hydrogen-bond acceptors (Lipinski definition) is 4. The van der Waals surface area contributed by atoms with Crippen LogP contribution in [0.15, 0.2) is 29.2 Å². The fourth-order valence-corrected chi connectivity index (χ4v) is 3.46. The van der Waals surface area contributed by atoms with Crippen LogP contribution in [0.5, 0.6) is 0 Å². The maximum Gasteiger partial charge on any atom is 0.240 e. The molecule has 1 N–H and O–H groups in total. The van der Waals surface area contributed by atoms with E-state index in [1.54, 1.807) is 23.9 Å². The molecule has 1 aromatic carbocycles. The molecule has 0 amide bonds. The van der Waals surface area contributed by atoms with Gasteiger partial charge >= 0.3 is 0 Å². The van der Waals surface area contributed by atoms with E-state index < -0.39 is 10.0 Å². The zero-order valence-corrected chi connectivity index (χ0v) is 13.0. The van der Waals surface area contributed by atoms with Crippen molar-refractivity contribution in [1.82, 2.24) is 4.72 Å². The molecule has 0 heterocycles. The van der Waals surface area contributed by atoms with Crippen molar-refractivity contribution in [1.29, 1.82) is 0 Å². The molecule has 0 aliphatic carbocycles. The van der Waals surface area contributed by atoms with E-state index in [4.69, 9.17) is 0 Å². The highest BCUT2D eigenvalue weighted by atomic mass is 32.2. The third-order valence-electron chi connectivity index (χ3n) is 2.62. The van der Waals surface area contributed by atoms with Crippen LogP contribution in [0, 0.1) is 5.92 Å². The quantitative estimate of drug-likeness (QED) is 0.784. The molecule has 106 valence electrons. The van der Waals surface area contributed by atoms with Crippen LogP contribution in [0.1, 0.15) is 24.2 Å². The first-order valence-corrected chi connectivity index (χ1v) is 8.84. The molecule has 1 unspecified atom stereocenters. The molecule has 0 aliphatic rings. The van der Waals surface area contributed by atoms with E-state index in [1.807, 2.05) is 13.2 Å². The van der Waals surface area contributed by atoms with Gasteiger partial charge in [-0.15, -0.1) is 0 Å². The lowest BCUT2D eigenvalue weighted by Crippen LogP contribution is -2.29. The van der Waals surface area contributed by atoms with Gasteiger partial charge in [-0.25, -0.2) is 13.1 Å². The second kappa shape index (κ2) is 7.07. The number of hydrogen-bond donors (Lipinski definition) is 1. The minimum atomic E-state index is -3.54. The maximum atomic E-state index is 12.1. The predicted molar refractivity (Wildman–Crippen MR) is 79.2 cm³/mol. The Balaban J connectivity index is 2.83. The monoisotopic (exact) mass is 301 g/mol. The molecule has 0 radical (unpaired) electrons. The number of ketones is 1. The fraction of sp³-hybridized carbons (Fsp3) is 0.462. The lowest BCUT2D eigenvalue weighted by Gasteiger charge is -2.12. The van der Waals surface area contributed by atoms with E-state index in [-0.39, 0.29) is 16.6 Å². The molecule has 19 heavy (non-hydrogen) atoms.